The van der Waals surface area contributed by atoms with Crippen molar-refractivity contribution in [2.45, 2.75) is 6.61 Å². The Morgan fingerprint density at radius 1 is 1.23 bits per heavy atom. The summed E-state index contributed by atoms with van der Waals surface area (Å²) in [6, 6.07) is 9.29. The van der Waals surface area contributed by atoms with Gasteiger partial charge in [-0.2, -0.15) is 0 Å². The summed E-state index contributed by atoms with van der Waals surface area (Å²) in [6.07, 6.45) is 0. The van der Waals surface area contributed by atoms with Crippen molar-refractivity contribution < 1.29 is 5.11 Å². The number of halogens is 1. The monoisotopic (exact) mass is 193 g/mol. The van der Waals surface area contributed by atoms with Crippen LogP contribution in [0.3, 0.4) is 0 Å². The van der Waals surface area contributed by atoms with E-state index in [4.69, 9.17) is 16.7 Å². The molecule has 0 aliphatic carbocycles. The van der Waals surface area contributed by atoms with Crippen molar-refractivity contribution in [2.75, 3.05) is 0 Å². The van der Waals surface area contributed by atoms with Crippen LogP contribution in [-0.4, -0.2) is 10.1 Å². The van der Waals surface area contributed by atoms with E-state index in [9.17, 15) is 0 Å². The van der Waals surface area contributed by atoms with Crippen molar-refractivity contribution >= 4 is 22.5 Å². The van der Waals surface area contributed by atoms with Gasteiger partial charge in [0.15, 0.2) is 0 Å². The lowest BCUT2D eigenvalue weighted by Gasteiger charge is -1.99. The molecule has 13 heavy (non-hydrogen) atoms. The van der Waals surface area contributed by atoms with Gasteiger partial charge in [-0.15, -0.1) is 0 Å². The quantitative estimate of drug-likeness (QED) is 0.706. The molecule has 3 heteroatoms. The van der Waals surface area contributed by atoms with Gasteiger partial charge in [0.25, 0.3) is 0 Å². The predicted octanol–water partition coefficient (Wildman–Crippen LogP) is 2.38. The number of hydrogen-bond acceptors (Lipinski definition) is 2. The Hall–Kier alpha value is -1.12. The number of fused-ring (bicyclic) bond motifs is 1. The van der Waals surface area contributed by atoms with E-state index in [1.54, 1.807) is 6.07 Å². The van der Waals surface area contributed by atoms with E-state index < -0.39 is 0 Å². The van der Waals surface area contributed by atoms with Gasteiger partial charge >= 0.3 is 0 Å². The summed E-state index contributed by atoms with van der Waals surface area (Å²) >= 11 is 5.74. The standard InChI is InChI=1S/C10H8ClNO/c11-10-4-3-8-2-1-7(6-13)5-9(8)12-10/h1-5,13H,6H2. The lowest BCUT2D eigenvalue weighted by atomic mass is 10.1. The molecule has 0 saturated heterocycles. The summed E-state index contributed by atoms with van der Waals surface area (Å²) in [5.74, 6) is 0. The van der Waals surface area contributed by atoms with Gasteiger partial charge in [-0.25, -0.2) is 4.98 Å². The van der Waals surface area contributed by atoms with Gasteiger partial charge in [-0.3, -0.25) is 0 Å². The highest BCUT2D eigenvalue weighted by Gasteiger charge is 1.97. The molecule has 0 spiro atoms. The van der Waals surface area contributed by atoms with Crippen molar-refractivity contribution in [3.05, 3.63) is 41.0 Å². The third-order valence-corrected chi connectivity index (χ3v) is 2.12. The van der Waals surface area contributed by atoms with E-state index in [1.165, 1.54) is 0 Å². The summed E-state index contributed by atoms with van der Waals surface area (Å²) in [4.78, 5) is 4.14. The number of nitrogens with zero attached hydrogens (tertiary/aromatic N) is 1. The normalized spacial score (nSPS) is 10.6. The number of hydrogen-bond donors (Lipinski definition) is 1. The van der Waals surface area contributed by atoms with E-state index in [1.807, 2.05) is 24.3 Å². The van der Waals surface area contributed by atoms with Crippen LogP contribution in [0, 0.1) is 0 Å². The van der Waals surface area contributed by atoms with Crippen molar-refractivity contribution in [3.8, 4) is 0 Å². The molecule has 2 nitrogen and oxygen atoms in total. The molecular weight excluding hydrogens is 186 g/mol. The maximum Gasteiger partial charge on any atom is 0.129 e. The molecular formula is C10H8ClNO. The summed E-state index contributed by atoms with van der Waals surface area (Å²) in [5, 5.41) is 10.4. The lowest BCUT2D eigenvalue weighted by molar-refractivity contribution is 0.282. The number of aliphatic hydroxyl groups is 1. The summed E-state index contributed by atoms with van der Waals surface area (Å²) in [5.41, 5.74) is 1.67. The third kappa shape index (κ3) is 1.64. The molecule has 66 valence electrons. The molecule has 1 N–H and O–H groups in total. The average molecular weight is 194 g/mol. The Morgan fingerprint density at radius 2 is 2.00 bits per heavy atom. The lowest BCUT2D eigenvalue weighted by Crippen LogP contribution is -1.85. The van der Waals surface area contributed by atoms with Gasteiger partial charge in [-0.1, -0.05) is 23.7 Å². The highest BCUT2D eigenvalue weighted by atomic mass is 35.5. The topological polar surface area (TPSA) is 33.1 Å². The maximum atomic E-state index is 8.91. The summed E-state index contributed by atoms with van der Waals surface area (Å²) in [7, 11) is 0. The van der Waals surface area contributed by atoms with Crippen LogP contribution in [0.4, 0.5) is 0 Å². The zero-order valence-electron chi connectivity index (χ0n) is 6.87. The first-order valence-corrected chi connectivity index (χ1v) is 4.33. The first-order chi connectivity index (χ1) is 6.29. The molecule has 0 amide bonds. The predicted molar refractivity (Wildman–Crippen MR) is 52.7 cm³/mol. The van der Waals surface area contributed by atoms with Crippen LogP contribution in [0.15, 0.2) is 30.3 Å². The van der Waals surface area contributed by atoms with E-state index in [0.29, 0.717) is 5.15 Å². The highest BCUT2D eigenvalue weighted by molar-refractivity contribution is 6.29. The number of pyridine rings is 1. The smallest absolute Gasteiger partial charge is 0.129 e. The van der Waals surface area contributed by atoms with Crippen LogP contribution in [0.1, 0.15) is 5.56 Å². The average Bonchev–Trinajstić information content (AvgIpc) is 2.16. The SMILES string of the molecule is OCc1ccc2ccc(Cl)nc2c1. The zero-order valence-corrected chi connectivity index (χ0v) is 7.62. The fourth-order valence-electron chi connectivity index (χ4n) is 1.24. The van der Waals surface area contributed by atoms with Crippen molar-refractivity contribution in [1.29, 1.82) is 0 Å². The molecule has 0 atom stereocenters. The largest absolute Gasteiger partial charge is 0.392 e. The second-order valence-corrected chi connectivity index (χ2v) is 3.21. The van der Waals surface area contributed by atoms with Crippen molar-refractivity contribution in [2.24, 2.45) is 0 Å². The summed E-state index contributed by atoms with van der Waals surface area (Å²) in [6.45, 7) is 0.0319. The van der Waals surface area contributed by atoms with Crippen molar-refractivity contribution in [1.82, 2.24) is 4.98 Å². The molecule has 0 bridgehead atoms. The Balaban J connectivity index is 2.68. The second-order valence-electron chi connectivity index (χ2n) is 2.82. The van der Waals surface area contributed by atoms with Crippen LogP contribution < -0.4 is 0 Å². The molecule has 0 aliphatic rings. The Bertz CT molecular complexity index is 442. The van der Waals surface area contributed by atoms with Gasteiger partial charge in [0.05, 0.1) is 12.1 Å². The first-order valence-electron chi connectivity index (χ1n) is 3.95. The fourth-order valence-corrected chi connectivity index (χ4v) is 1.39. The molecule has 0 radical (unpaired) electrons. The van der Waals surface area contributed by atoms with Crippen LogP contribution >= 0.6 is 11.6 Å². The summed E-state index contributed by atoms with van der Waals surface area (Å²) < 4.78 is 0. The molecule has 1 aromatic heterocycles. The molecule has 2 rings (SSSR count). The number of aromatic nitrogens is 1. The minimum Gasteiger partial charge on any atom is -0.392 e. The number of aliphatic hydroxyl groups excluding tert-OH is 1. The van der Waals surface area contributed by atoms with E-state index in [-0.39, 0.29) is 6.61 Å². The number of benzene rings is 1. The highest BCUT2D eigenvalue weighted by Crippen LogP contribution is 2.16. The van der Waals surface area contributed by atoms with E-state index >= 15 is 0 Å². The minimum atomic E-state index is 0.0319. The molecule has 0 saturated carbocycles. The number of rotatable bonds is 1. The van der Waals surface area contributed by atoms with Gasteiger partial charge in [0, 0.05) is 5.39 Å². The molecule has 1 aromatic carbocycles. The molecule has 0 aliphatic heterocycles. The zero-order chi connectivity index (χ0) is 9.26. The van der Waals surface area contributed by atoms with E-state index in [2.05, 4.69) is 4.98 Å². The molecule has 2 aromatic rings. The minimum absolute atomic E-state index is 0.0319. The maximum absolute atomic E-state index is 8.91. The molecule has 0 fully saturated rings. The Kier molecular flexibility index (Phi) is 2.17. The van der Waals surface area contributed by atoms with Gasteiger partial charge in [0.2, 0.25) is 0 Å². The third-order valence-electron chi connectivity index (χ3n) is 1.91. The van der Waals surface area contributed by atoms with Crippen LogP contribution in [0.25, 0.3) is 10.9 Å². The first kappa shape index (κ1) is 8.48. The van der Waals surface area contributed by atoms with Crippen molar-refractivity contribution in [3.63, 3.8) is 0 Å². The fraction of sp³-hybridized carbons (Fsp3) is 0.100. The van der Waals surface area contributed by atoms with Crippen LogP contribution in [0.2, 0.25) is 5.15 Å². The Morgan fingerprint density at radius 3 is 2.77 bits per heavy atom. The second kappa shape index (κ2) is 3.32. The van der Waals surface area contributed by atoms with E-state index in [0.717, 1.165) is 16.5 Å². The van der Waals surface area contributed by atoms with Crippen LogP contribution in [0.5, 0.6) is 0 Å². The molecule has 1 heterocycles. The van der Waals surface area contributed by atoms with Crippen LogP contribution in [-0.2, 0) is 6.61 Å². The Labute approximate surface area is 80.8 Å². The van der Waals surface area contributed by atoms with Gasteiger partial charge in [-0.05, 0) is 23.8 Å². The van der Waals surface area contributed by atoms with Gasteiger partial charge in [0.1, 0.15) is 5.15 Å². The van der Waals surface area contributed by atoms with Gasteiger partial charge < -0.3 is 5.11 Å². The molecule has 0 unspecified atom stereocenters.